The lowest BCUT2D eigenvalue weighted by Gasteiger charge is -2.09. The molecule has 0 atom stereocenters. The average molecular weight is 418 g/mol. The molecule has 0 unspecified atom stereocenters. The van der Waals surface area contributed by atoms with E-state index in [1.54, 1.807) is 7.11 Å². The Labute approximate surface area is 181 Å². The molecule has 0 saturated carbocycles. The van der Waals surface area contributed by atoms with Crippen molar-refractivity contribution >= 4 is 33.9 Å². The number of nitrogens with one attached hydrogen (secondary N) is 1. The van der Waals surface area contributed by atoms with Crippen LogP contribution in [0.1, 0.15) is 42.1 Å². The zero-order chi connectivity index (χ0) is 21.8. The van der Waals surface area contributed by atoms with E-state index in [1.165, 1.54) is 0 Å². The van der Waals surface area contributed by atoms with E-state index in [1.807, 2.05) is 53.1 Å². The highest BCUT2D eigenvalue weighted by Crippen LogP contribution is 2.29. The number of rotatable bonds is 8. The van der Waals surface area contributed by atoms with Crippen molar-refractivity contribution < 1.29 is 9.53 Å². The van der Waals surface area contributed by atoms with Crippen LogP contribution < -0.4 is 15.8 Å². The molecular formula is C24H27N5O2. The van der Waals surface area contributed by atoms with E-state index in [0.717, 1.165) is 41.6 Å². The SMILES string of the molecule is CCCCCNC(=O)c1c(N)n(Cc2ccc(OC)cc2)c2nc3ccccc3nc12. The maximum atomic E-state index is 13.0. The molecule has 7 heteroatoms. The van der Waals surface area contributed by atoms with E-state index in [4.69, 9.17) is 20.4 Å². The summed E-state index contributed by atoms with van der Waals surface area (Å²) < 4.78 is 7.10. The summed E-state index contributed by atoms with van der Waals surface area (Å²) in [5, 5.41) is 2.99. The fourth-order valence-corrected chi connectivity index (χ4v) is 3.68. The number of hydrogen-bond acceptors (Lipinski definition) is 5. The molecule has 0 aliphatic rings. The Morgan fingerprint density at radius 2 is 1.77 bits per heavy atom. The summed E-state index contributed by atoms with van der Waals surface area (Å²) in [6.07, 6.45) is 3.09. The molecule has 0 saturated heterocycles. The Bertz CT molecular complexity index is 1210. The Hall–Kier alpha value is -3.61. The van der Waals surface area contributed by atoms with Crippen molar-refractivity contribution in [1.29, 1.82) is 0 Å². The largest absolute Gasteiger partial charge is 0.497 e. The van der Waals surface area contributed by atoms with Gasteiger partial charge in [0.1, 0.15) is 22.6 Å². The number of benzene rings is 2. The minimum Gasteiger partial charge on any atom is -0.497 e. The first-order valence-electron chi connectivity index (χ1n) is 10.6. The molecule has 0 radical (unpaired) electrons. The van der Waals surface area contributed by atoms with Crippen molar-refractivity contribution in [2.24, 2.45) is 0 Å². The Kier molecular flexibility index (Phi) is 6.02. The summed E-state index contributed by atoms with van der Waals surface area (Å²) in [6.45, 7) is 3.22. The van der Waals surface area contributed by atoms with Crippen LogP contribution in [-0.4, -0.2) is 34.1 Å². The van der Waals surface area contributed by atoms with Gasteiger partial charge in [-0.25, -0.2) is 9.97 Å². The Balaban J connectivity index is 1.79. The maximum absolute atomic E-state index is 13.0. The number of unbranched alkanes of at least 4 members (excludes halogenated alkanes) is 2. The Morgan fingerprint density at radius 3 is 2.45 bits per heavy atom. The van der Waals surface area contributed by atoms with Gasteiger partial charge in [-0.1, -0.05) is 44.0 Å². The molecule has 2 heterocycles. The monoisotopic (exact) mass is 417 g/mol. The van der Waals surface area contributed by atoms with Crippen molar-refractivity contribution in [3.63, 3.8) is 0 Å². The second-order valence-corrected chi connectivity index (χ2v) is 7.54. The predicted octanol–water partition coefficient (Wildman–Crippen LogP) is 4.14. The minimum absolute atomic E-state index is 0.211. The van der Waals surface area contributed by atoms with Crippen LogP contribution in [0.2, 0.25) is 0 Å². The fraction of sp³-hybridized carbons (Fsp3) is 0.292. The van der Waals surface area contributed by atoms with Gasteiger partial charge in [0.05, 0.1) is 24.7 Å². The predicted molar refractivity (Wildman–Crippen MR) is 123 cm³/mol. The number of nitrogens with zero attached hydrogens (tertiary/aromatic N) is 3. The fourth-order valence-electron chi connectivity index (χ4n) is 3.68. The molecule has 31 heavy (non-hydrogen) atoms. The summed E-state index contributed by atoms with van der Waals surface area (Å²) in [5.74, 6) is 0.942. The van der Waals surface area contributed by atoms with Gasteiger partial charge in [0, 0.05) is 6.54 Å². The number of anilines is 1. The van der Waals surface area contributed by atoms with Crippen LogP contribution in [0.15, 0.2) is 48.5 Å². The van der Waals surface area contributed by atoms with Crippen molar-refractivity contribution in [3.05, 3.63) is 59.7 Å². The molecular weight excluding hydrogens is 390 g/mol. The number of methoxy groups -OCH3 is 1. The summed E-state index contributed by atoms with van der Waals surface area (Å²) in [6, 6.07) is 15.4. The van der Waals surface area contributed by atoms with Crippen molar-refractivity contribution in [2.75, 3.05) is 19.4 Å². The smallest absolute Gasteiger partial charge is 0.257 e. The molecule has 0 aliphatic carbocycles. The summed E-state index contributed by atoms with van der Waals surface area (Å²) in [5.41, 5.74) is 10.5. The molecule has 7 nitrogen and oxygen atoms in total. The number of ether oxygens (including phenoxy) is 1. The van der Waals surface area contributed by atoms with Crippen LogP contribution in [0, 0.1) is 0 Å². The van der Waals surface area contributed by atoms with Crippen LogP contribution in [-0.2, 0) is 6.54 Å². The number of amides is 1. The first kappa shape index (κ1) is 20.7. The van der Waals surface area contributed by atoms with Gasteiger partial charge < -0.3 is 20.4 Å². The van der Waals surface area contributed by atoms with Crippen molar-refractivity contribution in [3.8, 4) is 5.75 Å². The first-order valence-corrected chi connectivity index (χ1v) is 10.6. The number of nitrogens with two attached hydrogens (primary N) is 1. The molecule has 160 valence electrons. The summed E-state index contributed by atoms with van der Waals surface area (Å²) >= 11 is 0. The number of carbonyl (C=O) groups excluding carboxylic acids is 1. The van der Waals surface area contributed by atoms with E-state index in [2.05, 4.69) is 12.2 Å². The molecule has 4 aromatic rings. The van der Waals surface area contributed by atoms with E-state index >= 15 is 0 Å². The van der Waals surface area contributed by atoms with Crippen LogP contribution in [0.5, 0.6) is 5.75 Å². The molecule has 0 fully saturated rings. The molecule has 4 rings (SSSR count). The Morgan fingerprint density at radius 1 is 1.06 bits per heavy atom. The molecule has 0 aliphatic heterocycles. The highest BCUT2D eigenvalue weighted by Gasteiger charge is 2.23. The van der Waals surface area contributed by atoms with Gasteiger partial charge in [-0.15, -0.1) is 0 Å². The molecule has 0 spiro atoms. The van der Waals surface area contributed by atoms with E-state index in [0.29, 0.717) is 35.6 Å². The topological polar surface area (TPSA) is 95.1 Å². The quantitative estimate of drug-likeness (QED) is 0.420. The highest BCUT2D eigenvalue weighted by molar-refractivity contribution is 6.10. The van der Waals surface area contributed by atoms with Crippen molar-refractivity contribution in [1.82, 2.24) is 19.9 Å². The third-order valence-corrected chi connectivity index (χ3v) is 5.38. The highest BCUT2D eigenvalue weighted by atomic mass is 16.5. The normalized spacial score (nSPS) is 11.2. The summed E-state index contributed by atoms with van der Waals surface area (Å²) in [4.78, 5) is 22.6. The number of para-hydroxylation sites is 2. The third-order valence-electron chi connectivity index (χ3n) is 5.38. The van der Waals surface area contributed by atoms with Gasteiger partial charge in [-0.3, -0.25) is 4.79 Å². The number of fused-ring (bicyclic) bond motifs is 2. The zero-order valence-electron chi connectivity index (χ0n) is 17.9. The number of nitrogen functional groups attached to an aromatic ring is 1. The molecule has 2 aromatic carbocycles. The van der Waals surface area contributed by atoms with Crippen LogP contribution in [0.25, 0.3) is 22.2 Å². The van der Waals surface area contributed by atoms with Crippen LogP contribution in [0.3, 0.4) is 0 Å². The van der Waals surface area contributed by atoms with E-state index in [-0.39, 0.29) is 5.91 Å². The molecule has 0 bridgehead atoms. The summed E-state index contributed by atoms with van der Waals surface area (Å²) in [7, 11) is 1.64. The van der Waals surface area contributed by atoms with Gasteiger partial charge in [0.15, 0.2) is 5.65 Å². The first-order chi connectivity index (χ1) is 15.1. The third kappa shape index (κ3) is 4.17. The van der Waals surface area contributed by atoms with E-state index < -0.39 is 0 Å². The van der Waals surface area contributed by atoms with Gasteiger partial charge in [0.2, 0.25) is 0 Å². The minimum atomic E-state index is -0.211. The van der Waals surface area contributed by atoms with Crippen LogP contribution >= 0.6 is 0 Å². The van der Waals surface area contributed by atoms with Gasteiger partial charge in [-0.05, 0) is 36.2 Å². The lowest BCUT2D eigenvalue weighted by atomic mass is 10.2. The van der Waals surface area contributed by atoms with Crippen LogP contribution in [0.4, 0.5) is 5.82 Å². The number of carbonyl (C=O) groups is 1. The zero-order valence-corrected chi connectivity index (χ0v) is 17.9. The second-order valence-electron chi connectivity index (χ2n) is 7.54. The maximum Gasteiger partial charge on any atom is 0.257 e. The molecule has 1 amide bonds. The van der Waals surface area contributed by atoms with Gasteiger partial charge >= 0.3 is 0 Å². The van der Waals surface area contributed by atoms with Gasteiger partial charge in [0.25, 0.3) is 5.91 Å². The molecule has 3 N–H and O–H groups in total. The van der Waals surface area contributed by atoms with Gasteiger partial charge in [-0.2, -0.15) is 0 Å². The van der Waals surface area contributed by atoms with Crippen molar-refractivity contribution in [2.45, 2.75) is 32.7 Å². The molecule has 2 aromatic heterocycles. The second kappa shape index (κ2) is 9.04. The number of hydrogen-bond donors (Lipinski definition) is 2. The number of aromatic nitrogens is 3. The lowest BCUT2D eigenvalue weighted by Crippen LogP contribution is -2.25. The van der Waals surface area contributed by atoms with E-state index in [9.17, 15) is 4.79 Å². The average Bonchev–Trinajstić information content (AvgIpc) is 3.06. The lowest BCUT2D eigenvalue weighted by molar-refractivity contribution is 0.0955. The standard InChI is InChI=1S/C24H27N5O2/c1-3-4-7-14-26-24(30)20-21-23(28-19-9-6-5-8-18(19)27-21)29(22(20)25)15-16-10-12-17(31-2)13-11-16/h5-6,8-13H,3-4,7,14-15,25H2,1-2H3,(H,26,30).